The molecular formula is C20H22FN5O. The SMILES string of the molecule is Cc1nn(-c2ccc(F)cc2)c(C)c1C(=O)N1CCC[C@H](c2ncc[nH]2)C1. The second kappa shape index (κ2) is 6.98. The second-order valence-corrected chi connectivity index (χ2v) is 7.00. The van der Waals surface area contributed by atoms with Gasteiger partial charge in [0.2, 0.25) is 0 Å². The first-order chi connectivity index (χ1) is 13.0. The van der Waals surface area contributed by atoms with Gasteiger partial charge >= 0.3 is 0 Å². The van der Waals surface area contributed by atoms with Crippen molar-refractivity contribution in [3.8, 4) is 5.69 Å². The van der Waals surface area contributed by atoms with Gasteiger partial charge in [-0.05, 0) is 51.0 Å². The van der Waals surface area contributed by atoms with Crippen LogP contribution in [0.4, 0.5) is 4.39 Å². The summed E-state index contributed by atoms with van der Waals surface area (Å²) in [5.41, 5.74) is 2.81. The Hall–Kier alpha value is -2.96. The van der Waals surface area contributed by atoms with E-state index in [9.17, 15) is 9.18 Å². The van der Waals surface area contributed by atoms with Gasteiger partial charge in [0.05, 0.1) is 22.6 Å². The van der Waals surface area contributed by atoms with Crippen molar-refractivity contribution in [3.05, 3.63) is 65.3 Å². The molecule has 0 spiro atoms. The average molecular weight is 367 g/mol. The number of amides is 1. The number of aromatic nitrogens is 4. The zero-order valence-electron chi connectivity index (χ0n) is 15.4. The van der Waals surface area contributed by atoms with E-state index in [1.807, 2.05) is 24.9 Å². The van der Waals surface area contributed by atoms with E-state index in [4.69, 9.17) is 0 Å². The number of hydrogen-bond acceptors (Lipinski definition) is 3. The Balaban J connectivity index is 1.61. The fourth-order valence-electron chi connectivity index (χ4n) is 3.83. The lowest BCUT2D eigenvalue weighted by atomic mass is 9.96. The highest BCUT2D eigenvalue weighted by molar-refractivity contribution is 5.96. The summed E-state index contributed by atoms with van der Waals surface area (Å²) in [4.78, 5) is 22.6. The predicted molar refractivity (Wildman–Crippen MR) is 99.5 cm³/mol. The summed E-state index contributed by atoms with van der Waals surface area (Å²) in [5, 5.41) is 4.52. The van der Waals surface area contributed by atoms with Gasteiger partial charge in [-0.15, -0.1) is 0 Å². The number of carbonyl (C=O) groups is 1. The first kappa shape index (κ1) is 17.5. The maximum Gasteiger partial charge on any atom is 0.257 e. The van der Waals surface area contributed by atoms with Crippen molar-refractivity contribution in [2.45, 2.75) is 32.6 Å². The number of aromatic amines is 1. The quantitative estimate of drug-likeness (QED) is 0.772. The molecule has 1 atom stereocenters. The average Bonchev–Trinajstić information content (AvgIpc) is 3.31. The molecule has 27 heavy (non-hydrogen) atoms. The molecule has 1 aliphatic rings. The molecule has 2 aromatic heterocycles. The van der Waals surface area contributed by atoms with E-state index in [0.29, 0.717) is 17.8 Å². The van der Waals surface area contributed by atoms with E-state index < -0.39 is 0 Å². The first-order valence-electron chi connectivity index (χ1n) is 9.15. The lowest BCUT2D eigenvalue weighted by molar-refractivity contribution is 0.0703. The van der Waals surface area contributed by atoms with Crippen LogP contribution >= 0.6 is 0 Å². The molecule has 3 aromatic rings. The number of halogens is 1. The minimum atomic E-state index is -0.297. The summed E-state index contributed by atoms with van der Waals surface area (Å²) < 4.78 is 14.9. The van der Waals surface area contributed by atoms with Crippen LogP contribution in [-0.2, 0) is 0 Å². The van der Waals surface area contributed by atoms with Gasteiger partial charge in [0.15, 0.2) is 0 Å². The molecule has 140 valence electrons. The van der Waals surface area contributed by atoms with Gasteiger partial charge in [0.1, 0.15) is 11.6 Å². The number of aryl methyl sites for hydroxylation is 1. The molecule has 0 saturated carbocycles. The Morgan fingerprint density at radius 1 is 1.26 bits per heavy atom. The third kappa shape index (κ3) is 3.25. The number of piperidine rings is 1. The summed E-state index contributed by atoms with van der Waals surface area (Å²) in [6.07, 6.45) is 5.53. The van der Waals surface area contributed by atoms with Crippen molar-refractivity contribution in [2.24, 2.45) is 0 Å². The fourth-order valence-corrected chi connectivity index (χ4v) is 3.83. The molecular weight excluding hydrogens is 345 g/mol. The van der Waals surface area contributed by atoms with Crippen LogP contribution in [-0.4, -0.2) is 43.6 Å². The standard InChI is InChI=1S/C20H22FN5O/c1-13-18(14(2)26(24-13)17-7-5-16(21)6-8-17)20(27)25-11-3-4-15(12-25)19-22-9-10-23-19/h5-10,15H,3-4,11-12H2,1-2H3,(H,22,23)/t15-/m0/s1. The van der Waals surface area contributed by atoms with E-state index in [0.717, 1.165) is 36.6 Å². The van der Waals surface area contributed by atoms with Crippen molar-refractivity contribution in [1.82, 2.24) is 24.6 Å². The van der Waals surface area contributed by atoms with E-state index in [1.165, 1.54) is 12.1 Å². The smallest absolute Gasteiger partial charge is 0.257 e. The molecule has 1 N–H and O–H groups in total. The van der Waals surface area contributed by atoms with Gasteiger partial charge in [0, 0.05) is 31.4 Å². The molecule has 3 heterocycles. The molecule has 1 aliphatic heterocycles. The number of nitrogens with one attached hydrogen (secondary N) is 1. The predicted octanol–water partition coefficient (Wildman–Crippen LogP) is 3.37. The first-order valence-corrected chi connectivity index (χ1v) is 9.15. The second-order valence-electron chi connectivity index (χ2n) is 7.00. The zero-order valence-corrected chi connectivity index (χ0v) is 15.4. The van der Waals surface area contributed by atoms with Crippen LogP contribution in [0.25, 0.3) is 5.69 Å². The normalized spacial score (nSPS) is 17.3. The van der Waals surface area contributed by atoms with Crippen molar-refractivity contribution >= 4 is 5.91 Å². The topological polar surface area (TPSA) is 66.8 Å². The summed E-state index contributed by atoms with van der Waals surface area (Å²) in [7, 11) is 0. The lowest BCUT2D eigenvalue weighted by Crippen LogP contribution is -2.39. The Morgan fingerprint density at radius 3 is 2.74 bits per heavy atom. The van der Waals surface area contributed by atoms with Gasteiger partial charge in [-0.3, -0.25) is 4.79 Å². The number of nitrogens with zero attached hydrogens (tertiary/aromatic N) is 4. The van der Waals surface area contributed by atoms with Gasteiger partial charge in [-0.25, -0.2) is 14.1 Å². The molecule has 0 radical (unpaired) electrons. The van der Waals surface area contributed by atoms with E-state index in [2.05, 4.69) is 15.1 Å². The molecule has 0 aliphatic carbocycles. The summed E-state index contributed by atoms with van der Waals surface area (Å²) in [6, 6.07) is 6.12. The Labute approximate surface area is 157 Å². The third-order valence-corrected chi connectivity index (χ3v) is 5.19. The Bertz CT molecular complexity index is 946. The van der Waals surface area contributed by atoms with E-state index >= 15 is 0 Å². The number of imidazole rings is 1. The maximum atomic E-state index is 13.2. The summed E-state index contributed by atoms with van der Waals surface area (Å²) >= 11 is 0. The van der Waals surface area contributed by atoms with Crippen LogP contribution in [0, 0.1) is 19.7 Å². The highest BCUT2D eigenvalue weighted by Crippen LogP contribution is 2.27. The Kier molecular flexibility index (Phi) is 4.51. The molecule has 0 unspecified atom stereocenters. The molecule has 1 aromatic carbocycles. The number of rotatable bonds is 3. The number of hydrogen-bond donors (Lipinski definition) is 1. The van der Waals surface area contributed by atoms with Crippen molar-refractivity contribution < 1.29 is 9.18 Å². The van der Waals surface area contributed by atoms with Crippen LogP contribution in [0.5, 0.6) is 0 Å². The summed E-state index contributed by atoms with van der Waals surface area (Å²) in [5.74, 6) is 0.858. The third-order valence-electron chi connectivity index (χ3n) is 5.19. The van der Waals surface area contributed by atoms with Crippen molar-refractivity contribution in [3.63, 3.8) is 0 Å². The number of carbonyl (C=O) groups excluding carboxylic acids is 1. The molecule has 7 heteroatoms. The highest BCUT2D eigenvalue weighted by Gasteiger charge is 2.30. The fraction of sp³-hybridized carbons (Fsp3) is 0.350. The lowest BCUT2D eigenvalue weighted by Gasteiger charge is -2.32. The Morgan fingerprint density at radius 2 is 2.04 bits per heavy atom. The van der Waals surface area contributed by atoms with Crippen LogP contribution in [0.3, 0.4) is 0 Å². The number of benzene rings is 1. The van der Waals surface area contributed by atoms with Crippen molar-refractivity contribution in [2.75, 3.05) is 13.1 Å². The van der Waals surface area contributed by atoms with Crippen LogP contribution in [0.1, 0.15) is 46.3 Å². The molecule has 1 saturated heterocycles. The van der Waals surface area contributed by atoms with Crippen molar-refractivity contribution in [1.29, 1.82) is 0 Å². The van der Waals surface area contributed by atoms with Gasteiger partial charge in [-0.2, -0.15) is 5.10 Å². The van der Waals surface area contributed by atoms with Gasteiger partial charge < -0.3 is 9.88 Å². The van der Waals surface area contributed by atoms with Gasteiger partial charge in [-0.1, -0.05) is 0 Å². The van der Waals surface area contributed by atoms with E-state index in [1.54, 1.807) is 23.0 Å². The van der Waals surface area contributed by atoms with Crippen LogP contribution < -0.4 is 0 Å². The minimum Gasteiger partial charge on any atom is -0.348 e. The minimum absolute atomic E-state index is 0.00498. The highest BCUT2D eigenvalue weighted by atomic mass is 19.1. The van der Waals surface area contributed by atoms with Crippen LogP contribution in [0.2, 0.25) is 0 Å². The molecule has 1 fully saturated rings. The number of H-pyrrole nitrogens is 1. The number of likely N-dealkylation sites (tertiary alicyclic amines) is 1. The largest absolute Gasteiger partial charge is 0.348 e. The monoisotopic (exact) mass is 367 g/mol. The van der Waals surface area contributed by atoms with E-state index in [-0.39, 0.29) is 17.6 Å². The maximum absolute atomic E-state index is 13.2. The molecule has 4 rings (SSSR count). The zero-order chi connectivity index (χ0) is 19.0. The molecule has 6 nitrogen and oxygen atoms in total. The van der Waals surface area contributed by atoms with Crippen LogP contribution in [0.15, 0.2) is 36.7 Å². The molecule has 0 bridgehead atoms. The summed E-state index contributed by atoms with van der Waals surface area (Å²) in [6.45, 7) is 5.10. The van der Waals surface area contributed by atoms with Gasteiger partial charge in [0.25, 0.3) is 5.91 Å². The molecule has 1 amide bonds.